The fraction of sp³-hybridized carbons (Fsp3) is 0.0400. The summed E-state index contributed by atoms with van der Waals surface area (Å²) in [5, 5.41) is 8.05. The molecule has 3 aromatic carbocycles. The lowest BCUT2D eigenvalue weighted by Gasteiger charge is -2.05. The standard InChI is InChI=1S/C25H17Cl2N3O4S/c26-17-9-7-16(8-10-17)24(32)28-14-21(31)30-29-13-15-5-11-18(12-6-15)34-25(33)23-22(27)19-3-1-2-4-20(19)35-23/h1-13H,14H2,(H,28,32)(H,30,31). The van der Waals surface area contributed by atoms with Gasteiger partial charge in [-0.25, -0.2) is 10.2 Å². The number of nitrogens with one attached hydrogen (secondary N) is 2. The van der Waals surface area contributed by atoms with Crippen molar-refractivity contribution in [2.75, 3.05) is 6.54 Å². The van der Waals surface area contributed by atoms with E-state index < -0.39 is 17.8 Å². The van der Waals surface area contributed by atoms with Crippen LogP contribution >= 0.6 is 34.5 Å². The van der Waals surface area contributed by atoms with Crippen LogP contribution in [0.4, 0.5) is 0 Å². The van der Waals surface area contributed by atoms with Gasteiger partial charge in [-0.3, -0.25) is 9.59 Å². The van der Waals surface area contributed by atoms with E-state index in [2.05, 4.69) is 15.8 Å². The molecule has 176 valence electrons. The van der Waals surface area contributed by atoms with E-state index in [0.29, 0.717) is 31.8 Å². The fourth-order valence-electron chi connectivity index (χ4n) is 3.00. The number of amides is 2. The molecule has 0 fully saturated rings. The van der Waals surface area contributed by atoms with Gasteiger partial charge in [0, 0.05) is 20.7 Å². The second kappa shape index (κ2) is 11.1. The zero-order valence-corrected chi connectivity index (χ0v) is 20.3. The van der Waals surface area contributed by atoms with Crippen molar-refractivity contribution in [3.05, 3.63) is 98.8 Å². The summed E-state index contributed by atoms with van der Waals surface area (Å²) < 4.78 is 6.34. The Morgan fingerprint density at radius 3 is 2.37 bits per heavy atom. The number of hydrazone groups is 1. The van der Waals surface area contributed by atoms with E-state index in [-0.39, 0.29) is 6.54 Å². The smallest absolute Gasteiger partial charge is 0.355 e. The van der Waals surface area contributed by atoms with E-state index in [1.54, 1.807) is 48.5 Å². The second-order valence-corrected chi connectivity index (χ2v) is 9.05. The van der Waals surface area contributed by atoms with Gasteiger partial charge in [-0.05, 0) is 60.2 Å². The summed E-state index contributed by atoms with van der Waals surface area (Å²) in [5.41, 5.74) is 3.38. The first-order valence-electron chi connectivity index (χ1n) is 10.3. The number of thiophene rings is 1. The first-order chi connectivity index (χ1) is 16.9. The van der Waals surface area contributed by atoms with Crippen LogP contribution in [0.5, 0.6) is 5.75 Å². The summed E-state index contributed by atoms with van der Waals surface area (Å²) in [6.07, 6.45) is 1.42. The predicted octanol–water partition coefficient (Wildman–Crippen LogP) is 5.31. The van der Waals surface area contributed by atoms with Gasteiger partial charge in [0.25, 0.3) is 11.8 Å². The van der Waals surface area contributed by atoms with Crippen LogP contribution in [0.2, 0.25) is 10.0 Å². The van der Waals surface area contributed by atoms with Gasteiger partial charge < -0.3 is 10.1 Å². The van der Waals surface area contributed by atoms with Crippen LogP contribution in [0.15, 0.2) is 77.9 Å². The predicted molar refractivity (Wildman–Crippen MR) is 138 cm³/mol. The second-order valence-electron chi connectivity index (χ2n) is 7.18. The average molecular weight is 526 g/mol. The van der Waals surface area contributed by atoms with Crippen molar-refractivity contribution in [2.24, 2.45) is 5.10 Å². The molecule has 4 rings (SSSR count). The Labute approximate surface area is 214 Å². The lowest BCUT2D eigenvalue weighted by atomic mass is 10.2. The van der Waals surface area contributed by atoms with Gasteiger partial charge in [0.05, 0.1) is 17.8 Å². The molecule has 2 amide bonds. The minimum absolute atomic E-state index is 0.242. The number of ether oxygens (including phenoxy) is 1. The van der Waals surface area contributed by atoms with Crippen LogP contribution in [-0.4, -0.2) is 30.5 Å². The van der Waals surface area contributed by atoms with Crippen molar-refractivity contribution in [1.29, 1.82) is 0 Å². The highest BCUT2D eigenvalue weighted by Gasteiger charge is 2.18. The van der Waals surface area contributed by atoms with Gasteiger partial charge in [0.15, 0.2) is 0 Å². The molecular formula is C25H17Cl2N3O4S. The minimum Gasteiger partial charge on any atom is -0.422 e. The number of halogens is 2. The van der Waals surface area contributed by atoms with Crippen molar-refractivity contribution >= 4 is 68.6 Å². The van der Waals surface area contributed by atoms with E-state index in [0.717, 1.165) is 10.1 Å². The zero-order valence-electron chi connectivity index (χ0n) is 18.0. The molecule has 0 spiro atoms. The Balaban J connectivity index is 1.26. The van der Waals surface area contributed by atoms with Crippen LogP contribution in [0.1, 0.15) is 25.6 Å². The SMILES string of the molecule is O=C(CNC(=O)c1ccc(Cl)cc1)NN=Cc1ccc(OC(=O)c2sc3ccccc3c2Cl)cc1. The van der Waals surface area contributed by atoms with Gasteiger partial charge in [-0.1, -0.05) is 41.4 Å². The monoisotopic (exact) mass is 525 g/mol. The van der Waals surface area contributed by atoms with Gasteiger partial charge in [-0.2, -0.15) is 5.10 Å². The molecule has 0 atom stereocenters. The minimum atomic E-state index is -0.537. The summed E-state index contributed by atoms with van der Waals surface area (Å²) in [5.74, 6) is -1.09. The van der Waals surface area contributed by atoms with Gasteiger partial charge >= 0.3 is 5.97 Å². The molecule has 7 nitrogen and oxygen atoms in total. The van der Waals surface area contributed by atoms with Crippen molar-refractivity contribution in [3.63, 3.8) is 0 Å². The summed E-state index contributed by atoms with van der Waals surface area (Å²) >= 11 is 13.4. The van der Waals surface area contributed by atoms with Crippen LogP contribution in [0, 0.1) is 0 Å². The molecule has 10 heteroatoms. The molecule has 0 aliphatic rings. The molecular weight excluding hydrogens is 509 g/mol. The van der Waals surface area contributed by atoms with Crippen molar-refractivity contribution in [2.45, 2.75) is 0 Å². The number of carbonyl (C=O) groups excluding carboxylic acids is 3. The number of carbonyl (C=O) groups is 3. The Hall–Kier alpha value is -3.72. The fourth-order valence-corrected chi connectivity index (χ4v) is 4.51. The van der Waals surface area contributed by atoms with Gasteiger partial charge in [0.1, 0.15) is 10.6 Å². The molecule has 1 heterocycles. The molecule has 0 saturated heterocycles. The van der Waals surface area contributed by atoms with E-state index >= 15 is 0 Å². The molecule has 4 aromatic rings. The Kier molecular flexibility index (Phi) is 7.77. The van der Waals surface area contributed by atoms with Crippen LogP contribution in [0.3, 0.4) is 0 Å². The quantitative estimate of drug-likeness (QED) is 0.148. The number of rotatable bonds is 7. The first-order valence-corrected chi connectivity index (χ1v) is 11.8. The molecule has 0 bridgehead atoms. The third-order valence-corrected chi connectivity index (χ3v) is 6.64. The van der Waals surface area contributed by atoms with Crippen LogP contribution in [0.25, 0.3) is 10.1 Å². The maximum Gasteiger partial charge on any atom is 0.355 e. The van der Waals surface area contributed by atoms with Crippen molar-refractivity contribution in [3.8, 4) is 5.75 Å². The van der Waals surface area contributed by atoms with Gasteiger partial charge in [0.2, 0.25) is 0 Å². The lowest BCUT2D eigenvalue weighted by molar-refractivity contribution is -0.120. The highest BCUT2D eigenvalue weighted by Crippen LogP contribution is 2.35. The molecule has 0 aliphatic heterocycles. The average Bonchev–Trinajstić information content (AvgIpc) is 3.21. The molecule has 35 heavy (non-hydrogen) atoms. The summed E-state index contributed by atoms with van der Waals surface area (Å²) in [6, 6.07) is 20.3. The third-order valence-electron chi connectivity index (χ3n) is 4.73. The number of fused-ring (bicyclic) bond motifs is 1. The van der Waals surface area contributed by atoms with Crippen molar-refractivity contribution < 1.29 is 19.1 Å². The van der Waals surface area contributed by atoms with Crippen molar-refractivity contribution in [1.82, 2.24) is 10.7 Å². The molecule has 0 saturated carbocycles. The Morgan fingerprint density at radius 2 is 1.66 bits per heavy atom. The van der Waals surface area contributed by atoms with E-state index in [9.17, 15) is 14.4 Å². The van der Waals surface area contributed by atoms with E-state index in [1.807, 2.05) is 24.3 Å². The lowest BCUT2D eigenvalue weighted by Crippen LogP contribution is -2.34. The number of hydrogen-bond donors (Lipinski definition) is 2. The number of hydrogen-bond acceptors (Lipinski definition) is 6. The molecule has 0 aliphatic carbocycles. The van der Waals surface area contributed by atoms with E-state index in [4.69, 9.17) is 27.9 Å². The summed E-state index contributed by atoms with van der Waals surface area (Å²) in [6.45, 7) is -0.242. The third kappa shape index (κ3) is 6.24. The topological polar surface area (TPSA) is 96.9 Å². The number of nitrogens with zero attached hydrogens (tertiary/aromatic N) is 1. The molecule has 0 unspecified atom stereocenters. The Bertz CT molecular complexity index is 1420. The number of benzene rings is 3. The van der Waals surface area contributed by atoms with Crippen LogP contribution in [-0.2, 0) is 4.79 Å². The molecule has 1 aromatic heterocycles. The highest BCUT2D eigenvalue weighted by molar-refractivity contribution is 7.21. The molecule has 0 radical (unpaired) electrons. The first kappa shape index (κ1) is 24.4. The highest BCUT2D eigenvalue weighted by atomic mass is 35.5. The summed E-state index contributed by atoms with van der Waals surface area (Å²) in [7, 11) is 0. The van der Waals surface area contributed by atoms with E-state index in [1.165, 1.54) is 17.6 Å². The molecule has 2 N–H and O–H groups in total. The summed E-state index contributed by atoms with van der Waals surface area (Å²) in [4.78, 5) is 36.8. The zero-order chi connectivity index (χ0) is 24.8. The normalized spacial score (nSPS) is 10.9. The largest absolute Gasteiger partial charge is 0.422 e. The Morgan fingerprint density at radius 1 is 0.943 bits per heavy atom. The maximum absolute atomic E-state index is 12.5. The van der Waals surface area contributed by atoms with Gasteiger partial charge in [-0.15, -0.1) is 11.3 Å². The maximum atomic E-state index is 12.5. The van der Waals surface area contributed by atoms with Crippen LogP contribution < -0.4 is 15.5 Å². The number of esters is 1.